The highest BCUT2D eigenvalue weighted by atomic mass is 16.4. The number of aliphatic hydroxyl groups is 1. The van der Waals surface area contributed by atoms with Gasteiger partial charge in [0.05, 0.1) is 12.1 Å². The second kappa shape index (κ2) is 10.6. The minimum Gasteiger partial charge on any atom is -0.481 e. The van der Waals surface area contributed by atoms with Crippen molar-refractivity contribution in [2.45, 2.75) is 89.2 Å². The highest BCUT2D eigenvalue weighted by Crippen LogP contribution is 2.18. The number of carboxylic acid groups (broad SMARTS) is 1. The molecule has 1 saturated carbocycles. The summed E-state index contributed by atoms with van der Waals surface area (Å²) >= 11 is 0. The van der Waals surface area contributed by atoms with Crippen LogP contribution in [-0.4, -0.2) is 34.2 Å². The molecule has 0 spiro atoms. The Bertz CT molecular complexity index is 319. The zero-order valence-corrected chi connectivity index (χ0v) is 12.9. The van der Waals surface area contributed by atoms with Gasteiger partial charge >= 0.3 is 5.97 Å². The molecule has 122 valence electrons. The molecule has 1 fully saturated rings. The van der Waals surface area contributed by atoms with Crippen LogP contribution in [0, 0.1) is 0 Å². The molecule has 1 amide bonds. The highest BCUT2D eigenvalue weighted by Gasteiger charge is 2.23. The van der Waals surface area contributed by atoms with Crippen molar-refractivity contribution >= 4 is 11.9 Å². The van der Waals surface area contributed by atoms with Crippen molar-refractivity contribution in [3.63, 3.8) is 0 Å². The maximum Gasteiger partial charge on any atom is 0.303 e. The summed E-state index contributed by atoms with van der Waals surface area (Å²) in [6, 6.07) is -0.0535. The monoisotopic (exact) mass is 299 g/mol. The van der Waals surface area contributed by atoms with Crippen molar-refractivity contribution in [2.24, 2.45) is 0 Å². The molecule has 5 heteroatoms. The molecule has 3 N–H and O–H groups in total. The zero-order chi connectivity index (χ0) is 15.5. The SMILES string of the molecule is O=C(O)CCCCCCCCC(=O)NC1CCCCC1O. The van der Waals surface area contributed by atoms with Crippen LogP contribution < -0.4 is 5.32 Å². The number of aliphatic carboxylic acids is 1. The molecule has 0 radical (unpaired) electrons. The third-order valence-corrected chi connectivity index (χ3v) is 4.12. The predicted octanol–water partition coefficient (Wildman–Crippen LogP) is 2.61. The maximum absolute atomic E-state index is 11.8. The molecule has 2 unspecified atom stereocenters. The first kappa shape index (κ1) is 18.0. The van der Waals surface area contributed by atoms with E-state index in [0.29, 0.717) is 6.42 Å². The molecule has 0 aliphatic heterocycles. The van der Waals surface area contributed by atoms with Crippen LogP contribution in [0.4, 0.5) is 0 Å². The van der Waals surface area contributed by atoms with E-state index in [-0.39, 0.29) is 24.5 Å². The largest absolute Gasteiger partial charge is 0.481 e. The number of hydrogen-bond acceptors (Lipinski definition) is 3. The van der Waals surface area contributed by atoms with Gasteiger partial charge in [-0.3, -0.25) is 9.59 Å². The van der Waals surface area contributed by atoms with Crippen molar-refractivity contribution in [2.75, 3.05) is 0 Å². The smallest absolute Gasteiger partial charge is 0.303 e. The van der Waals surface area contributed by atoms with Gasteiger partial charge < -0.3 is 15.5 Å². The Kier molecular flexibility index (Phi) is 9.06. The van der Waals surface area contributed by atoms with Gasteiger partial charge in [-0.1, -0.05) is 38.5 Å². The van der Waals surface area contributed by atoms with E-state index in [0.717, 1.165) is 64.2 Å². The van der Waals surface area contributed by atoms with Gasteiger partial charge in [0.2, 0.25) is 5.91 Å². The van der Waals surface area contributed by atoms with Gasteiger partial charge in [0.1, 0.15) is 0 Å². The quantitative estimate of drug-likeness (QED) is 0.541. The highest BCUT2D eigenvalue weighted by molar-refractivity contribution is 5.76. The summed E-state index contributed by atoms with van der Waals surface area (Å²) in [7, 11) is 0. The Morgan fingerprint density at radius 2 is 1.48 bits per heavy atom. The predicted molar refractivity (Wildman–Crippen MR) is 81.0 cm³/mol. The molecule has 1 aliphatic rings. The number of carbonyl (C=O) groups excluding carboxylic acids is 1. The Hall–Kier alpha value is -1.10. The number of rotatable bonds is 10. The molecule has 5 nitrogen and oxygen atoms in total. The van der Waals surface area contributed by atoms with Crippen LogP contribution >= 0.6 is 0 Å². The number of aliphatic hydroxyl groups excluding tert-OH is 1. The van der Waals surface area contributed by atoms with Gasteiger partial charge in [0.25, 0.3) is 0 Å². The van der Waals surface area contributed by atoms with Crippen molar-refractivity contribution in [1.29, 1.82) is 0 Å². The van der Waals surface area contributed by atoms with E-state index < -0.39 is 5.97 Å². The number of amides is 1. The summed E-state index contributed by atoms with van der Waals surface area (Å²) < 4.78 is 0. The second-order valence-electron chi connectivity index (χ2n) is 6.04. The Morgan fingerprint density at radius 1 is 0.905 bits per heavy atom. The van der Waals surface area contributed by atoms with E-state index in [1.807, 2.05) is 0 Å². The van der Waals surface area contributed by atoms with Gasteiger partial charge in [-0.05, 0) is 25.7 Å². The lowest BCUT2D eigenvalue weighted by Crippen LogP contribution is -2.44. The minimum atomic E-state index is -0.725. The van der Waals surface area contributed by atoms with Crippen LogP contribution in [0.2, 0.25) is 0 Å². The molecular weight excluding hydrogens is 270 g/mol. The van der Waals surface area contributed by atoms with Crippen LogP contribution in [0.1, 0.15) is 77.0 Å². The summed E-state index contributed by atoms with van der Waals surface area (Å²) in [4.78, 5) is 22.1. The normalized spacial score (nSPS) is 22.0. The van der Waals surface area contributed by atoms with Crippen molar-refractivity contribution in [1.82, 2.24) is 5.32 Å². The summed E-state index contributed by atoms with van der Waals surface area (Å²) in [6.07, 6.45) is 9.88. The first-order chi connectivity index (χ1) is 10.1. The third-order valence-electron chi connectivity index (χ3n) is 4.12. The van der Waals surface area contributed by atoms with Crippen LogP contribution in [0.5, 0.6) is 0 Å². The molecule has 0 bridgehead atoms. The molecule has 0 aromatic carbocycles. The van der Waals surface area contributed by atoms with Gasteiger partial charge in [-0.2, -0.15) is 0 Å². The van der Waals surface area contributed by atoms with E-state index in [4.69, 9.17) is 5.11 Å². The molecule has 0 heterocycles. The number of unbranched alkanes of at least 4 members (excludes halogenated alkanes) is 5. The van der Waals surface area contributed by atoms with Crippen LogP contribution in [0.25, 0.3) is 0 Å². The van der Waals surface area contributed by atoms with E-state index in [9.17, 15) is 14.7 Å². The topological polar surface area (TPSA) is 86.6 Å². The van der Waals surface area contributed by atoms with E-state index >= 15 is 0 Å². The van der Waals surface area contributed by atoms with Gasteiger partial charge in [-0.15, -0.1) is 0 Å². The molecule has 0 aromatic rings. The van der Waals surface area contributed by atoms with Gasteiger partial charge in [-0.25, -0.2) is 0 Å². The Labute approximate surface area is 127 Å². The average Bonchev–Trinajstić information content (AvgIpc) is 2.44. The van der Waals surface area contributed by atoms with Crippen molar-refractivity contribution in [3.05, 3.63) is 0 Å². The first-order valence-corrected chi connectivity index (χ1v) is 8.29. The maximum atomic E-state index is 11.8. The van der Waals surface area contributed by atoms with E-state index in [1.165, 1.54) is 0 Å². The van der Waals surface area contributed by atoms with Crippen molar-refractivity contribution < 1.29 is 19.8 Å². The summed E-state index contributed by atoms with van der Waals surface area (Å²) in [5.74, 6) is -0.677. The molecule has 1 aliphatic carbocycles. The van der Waals surface area contributed by atoms with Crippen molar-refractivity contribution in [3.8, 4) is 0 Å². The fraction of sp³-hybridized carbons (Fsp3) is 0.875. The second-order valence-corrected chi connectivity index (χ2v) is 6.04. The zero-order valence-electron chi connectivity index (χ0n) is 12.9. The van der Waals surface area contributed by atoms with Gasteiger partial charge in [0.15, 0.2) is 0 Å². The van der Waals surface area contributed by atoms with E-state index in [2.05, 4.69) is 5.32 Å². The molecular formula is C16H29NO4. The lowest BCUT2D eigenvalue weighted by Gasteiger charge is -2.28. The lowest BCUT2D eigenvalue weighted by atomic mass is 9.92. The Balaban J connectivity index is 1.94. The minimum absolute atomic E-state index is 0.0480. The average molecular weight is 299 g/mol. The number of carbonyl (C=O) groups is 2. The number of nitrogens with one attached hydrogen (secondary N) is 1. The lowest BCUT2D eigenvalue weighted by molar-refractivity contribution is -0.137. The fourth-order valence-corrected chi connectivity index (χ4v) is 2.83. The van der Waals surface area contributed by atoms with E-state index in [1.54, 1.807) is 0 Å². The number of carboxylic acids is 1. The summed E-state index contributed by atoms with van der Waals surface area (Å²) in [6.45, 7) is 0. The van der Waals surface area contributed by atoms with Crippen LogP contribution in [0.15, 0.2) is 0 Å². The standard InChI is InChI=1S/C16H29NO4/c18-14-10-8-7-9-13(14)17-15(19)11-5-3-1-2-4-6-12-16(20)21/h13-14,18H,1-12H2,(H,17,19)(H,20,21). The molecule has 21 heavy (non-hydrogen) atoms. The molecule has 0 aromatic heterocycles. The molecule has 0 saturated heterocycles. The van der Waals surface area contributed by atoms with Crippen LogP contribution in [-0.2, 0) is 9.59 Å². The first-order valence-electron chi connectivity index (χ1n) is 8.29. The Morgan fingerprint density at radius 3 is 2.10 bits per heavy atom. The molecule has 2 atom stereocenters. The van der Waals surface area contributed by atoms with Gasteiger partial charge in [0, 0.05) is 12.8 Å². The molecule has 1 rings (SSSR count). The van der Waals surface area contributed by atoms with Crippen LogP contribution in [0.3, 0.4) is 0 Å². The third kappa shape index (κ3) is 8.71. The summed E-state index contributed by atoms with van der Waals surface area (Å²) in [5, 5.41) is 21.2. The fourth-order valence-electron chi connectivity index (χ4n) is 2.83. The summed E-state index contributed by atoms with van der Waals surface area (Å²) in [5.41, 5.74) is 0. The number of hydrogen-bond donors (Lipinski definition) is 3.